The summed E-state index contributed by atoms with van der Waals surface area (Å²) in [5.74, 6) is -0.536. The van der Waals surface area contributed by atoms with Gasteiger partial charge in [-0.2, -0.15) is 4.99 Å². The number of aliphatic imine (C=N–C) groups is 1. The van der Waals surface area contributed by atoms with Gasteiger partial charge in [-0.05, 0) is 42.7 Å². The third-order valence-corrected chi connectivity index (χ3v) is 8.45. The van der Waals surface area contributed by atoms with E-state index in [1.165, 1.54) is 23.9 Å². The number of anilines is 1. The van der Waals surface area contributed by atoms with Gasteiger partial charge in [0.1, 0.15) is 5.82 Å². The van der Waals surface area contributed by atoms with Crippen LogP contribution in [0.3, 0.4) is 0 Å². The van der Waals surface area contributed by atoms with E-state index in [1.807, 2.05) is 36.9 Å². The van der Waals surface area contributed by atoms with Crippen LogP contribution in [0.5, 0.6) is 0 Å². The normalized spacial score (nSPS) is 24.1. The molecule has 0 aliphatic carbocycles. The smallest absolute Gasteiger partial charge is 0.252 e. The Morgan fingerprint density at radius 2 is 1.79 bits per heavy atom. The molecule has 5 nitrogen and oxygen atoms in total. The fourth-order valence-corrected chi connectivity index (χ4v) is 7.85. The number of sulfone groups is 1. The summed E-state index contributed by atoms with van der Waals surface area (Å²) < 4.78 is 37.5. The molecule has 1 amide bonds. The first kappa shape index (κ1) is 20.1. The van der Waals surface area contributed by atoms with Gasteiger partial charge >= 0.3 is 0 Å². The lowest BCUT2D eigenvalue weighted by Gasteiger charge is -2.28. The minimum absolute atomic E-state index is 0.0591. The second-order valence-corrected chi connectivity index (χ2v) is 10.9. The maximum atomic E-state index is 13.1. The largest absolute Gasteiger partial charge is 0.315 e. The van der Waals surface area contributed by atoms with E-state index in [0.29, 0.717) is 10.7 Å². The van der Waals surface area contributed by atoms with Gasteiger partial charge in [-0.15, -0.1) is 0 Å². The zero-order valence-electron chi connectivity index (χ0n) is 16.1. The summed E-state index contributed by atoms with van der Waals surface area (Å²) in [7, 11) is -3.11. The van der Waals surface area contributed by atoms with Gasteiger partial charge in [0.2, 0.25) is 0 Å². The Morgan fingerprint density at radius 3 is 2.45 bits per heavy atom. The van der Waals surface area contributed by atoms with Gasteiger partial charge in [0.05, 0.1) is 24.0 Å². The molecule has 2 atom stereocenters. The quantitative estimate of drug-likeness (QED) is 0.745. The van der Waals surface area contributed by atoms with Crippen LogP contribution in [0.15, 0.2) is 47.5 Å². The number of rotatable bonds is 3. The van der Waals surface area contributed by atoms with Gasteiger partial charge < -0.3 is 4.90 Å². The van der Waals surface area contributed by atoms with Crippen LogP contribution in [0, 0.1) is 19.7 Å². The molecular formula is C21H21FN2O3S2. The highest BCUT2D eigenvalue weighted by molar-refractivity contribution is 8.16. The molecule has 0 radical (unpaired) electrons. The predicted octanol–water partition coefficient (Wildman–Crippen LogP) is 3.29. The zero-order valence-corrected chi connectivity index (χ0v) is 17.8. The number of carbonyl (C=O) groups excluding carboxylic acids is 1. The summed E-state index contributed by atoms with van der Waals surface area (Å²) >= 11 is 1.36. The number of nitrogens with zero attached hydrogens (tertiary/aromatic N) is 2. The van der Waals surface area contributed by atoms with E-state index in [4.69, 9.17) is 0 Å². The van der Waals surface area contributed by atoms with Crippen molar-refractivity contribution < 1.29 is 17.6 Å². The number of fused-ring (bicyclic) bond motifs is 1. The van der Waals surface area contributed by atoms with Gasteiger partial charge in [0, 0.05) is 10.9 Å². The molecule has 2 aromatic carbocycles. The Morgan fingerprint density at radius 1 is 1.14 bits per heavy atom. The lowest BCUT2D eigenvalue weighted by atomic mass is 10.1. The molecule has 2 heterocycles. The number of para-hydroxylation sites is 1. The van der Waals surface area contributed by atoms with Crippen LogP contribution in [0.4, 0.5) is 10.1 Å². The highest BCUT2D eigenvalue weighted by atomic mass is 32.2. The minimum atomic E-state index is -3.11. The molecule has 2 aliphatic heterocycles. The summed E-state index contributed by atoms with van der Waals surface area (Å²) in [6.45, 7) is 3.95. The molecule has 0 unspecified atom stereocenters. The van der Waals surface area contributed by atoms with E-state index in [0.717, 1.165) is 16.8 Å². The first-order valence-electron chi connectivity index (χ1n) is 9.32. The number of amides is 1. The zero-order chi connectivity index (χ0) is 20.8. The number of amidine groups is 1. The number of carbonyl (C=O) groups is 1. The first-order valence-corrected chi connectivity index (χ1v) is 12.0. The average Bonchev–Trinajstić information content (AvgIpc) is 3.09. The van der Waals surface area contributed by atoms with Crippen LogP contribution < -0.4 is 4.90 Å². The Labute approximate surface area is 173 Å². The fraction of sp³-hybridized carbons (Fsp3) is 0.333. The Balaban J connectivity index is 1.69. The monoisotopic (exact) mass is 432 g/mol. The SMILES string of the molecule is Cc1cccc(C)c1N1C(=NC(=O)Cc2ccc(F)cc2)S[C@H]2CS(=O)(=O)C[C@H]21. The Bertz CT molecular complexity index is 1080. The molecule has 0 saturated carbocycles. The third kappa shape index (κ3) is 4.09. The molecule has 2 saturated heterocycles. The van der Waals surface area contributed by atoms with E-state index >= 15 is 0 Å². The van der Waals surface area contributed by atoms with E-state index in [-0.39, 0.29) is 40.9 Å². The van der Waals surface area contributed by atoms with E-state index in [1.54, 1.807) is 12.1 Å². The van der Waals surface area contributed by atoms with Crippen molar-refractivity contribution in [2.75, 3.05) is 16.4 Å². The van der Waals surface area contributed by atoms with Crippen LogP contribution in [-0.2, 0) is 21.1 Å². The van der Waals surface area contributed by atoms with Crippen LogP contribution in [0.2, 0.25) is 0 Å². The van der Waals surface area contributed by atoms with Crippen LogP contribution >= 0.6 is 11.8 Å². The second-order valence-electron chi connectivity index (χ2n) is 7.50. The lowest BCUT2D eigenvalue weighted by molar-refractivity contribution is -0.117. The number of thioether (sulfide) groups is 1. The van der Waals surface area contributed by atoms with Gasteiger partial charge in [0.25, 0.3) is 5.91 Å². The van der Waals surface area contributed by atoms with Gasteiger partial charge in [-0.25, -0.2) is 12.8 Å². The van der Waals surface area contributed by atoms with Crippen molar-refractivity contribution in [3.8, 4) is 0 Å². The molecular weight excluding hydrogens is 411 g/mol. The summed E-state index contributed by atoms with van der Waals surface area (Å²) in [6, 6.07) is 11.4. The Hall–Kier alpha value is -2.19. The van der Waals surface area contributed by atoms with Crippen molar-refractivity contribution in [2.45, 2.75) is 31.6 Å². The predicted molar refractivity (Wildman–Crippen MR) is 115 cm³/mol. The van der Waals surface area contributed by atoms with Gasteiger partial charge in [-0.3, -0.25) is 4.79 Å². The molecule has 2 fully saturated rings. The third-order valence-electron chi connectivity index (χ3n) is 5.24. The van der Waals surface area contributed by atoms with Crippen LogP contribution in [0.1, 0.15) is 16.7 Å². The lowest BCUT2D eigenvalue weighted by Crippen LogP contribution is -2.38. The minimum Gasteiger partial charge on any atom is -0.315 e. The molecule has 8 heteroatoms. The van der Waals surface area contributed by atoms with Gasteiger partial charge in [0.15, 0.2) is 15.0 Å². The molecule has 29 heavy (non-hydrogen) atoms. The van der Waals surface area contributed by atoms with E-state index < -0.39 is 9.84 Å². The summed E-state index contributed by atoms with van der Waals surface area (Å²) in [5, 5.41) is 0.399. The maximum absolute atomic E-state index is 13.1. The molecule has 2 aliphatic rings. The second kappa shape index (κ2) is 7.57. The van der Waals surface area contributed by atoms with Crippen molar-refractivity contribution in [2.24, 2.45) is 4.99 Å². The molecule has 152 valence electrons. The van der Waals surface area contributed by atoms with Crippen molar-refractivity contribution >= 4 is 38.4 Å². The average molecular weight is 433 g/mol. The number of halogens is 1. The highest BCUT2D eigenvalue weighted by Crippen LogP contribution is 2.43. The first-order chi connectivity index (χ1) is 13.7. The van der Waals surface area contributed by atoms with E-state index in [9.17, 15) is 17.6 Å². The molecule has 0 spiro atoms. The molecule has 2 aromatic rings. The van der Waals surface area contributed by atoms with Crippen molar-refractivity contribution in [1.29, 1.82) is 0 Å². The van der Waals surface area contributed by atoms with E-state index in [2.05, 4.69) is 4.99 Å². The number of benzene rings is 2. The standard InChI is InChI=1S/C21H21FN2O3S2/c1-13-4-3-5-14(2)20(13)24-17-11-29(26,27)12-18(17)28-21(24)23-19(25)10-15-6-8-16(22)9-7-15/h3-9,17-18H,10-12H2,1-2H3/t17-,18+/m1/s1. The molecule has 0 N–H and O–H groups in total. The van der Waals surface area contributed by atoms with Gasteiger partial charge in [-0.1, -0.05) is 42.1 Å². The van der Waals surface area contributed by atoms with Crippen LogP contribution in [0.25, 0.3) is 0 Å². The van der Waals surface area contributed by atoms with Crippen molar-refractivity contribution in [3.63, 3.8) is 0 Å². The fourth-order valence-electron chi connectivity index (χ4n) is 3.93. The van der Waals surface area contributed by atoms with Crippen LogP contribution in [-0.4, -0.2) is 42.3 Å². The summed E-state index contributed by atoms with van der Waals surface area (Å²) in [5.41, 5.74) is 3.62. The number of aryl methyl sites for hydroxylation is 2. The molecule has 0 bridgehead atoms. The highest BCUT2D eigenvalue weighted by Gasteiger charge is 2.49. The maximum Gasteiger partial charge on any atom is 0.252 e. The summed E-state index contributed by atoms with van der Waals surface area (Å²) in [4.78, 5) is 18.9. The summed E-state index contributed by atoms with van der Waals surface area (Å²) in [6.07, 6.45) is 0.0680. The molecule has 0 aromatic heterocycles. The number of hydrogen-bond donors (Lipinski definition) is 0. The number of hydrogen-bond acceptors (Lipinski definition) is 4. The topological polar surface area (TPSA) is 66.8 Å². The molecule has 4 rings (SSSR count). The van der Waals surface area contributed by atoms with Crippen molar-refractivity contribution in [1.82, 2.24) is 0 Å². The Kier molecular flexibility index (Phi) is 5.25. The van der Waals surface area contributed by atoms with Crippen molar-refractivity contribution in [3.05, 3.63) is 65.0 Å².